The van der Waals surface area contributed by atoms with Gasteiger partial charge < -0.3 is 23.9 Å². The van der Waals surface area contributed by atoms with Gasteiger partial charge in [-0.15, -0.1) is 10.2 Å². The van der Waals surface area contributed by atoms with E-state index in [2.05, 4.69) is 15.5 Å². The molecule has 144 valence electrons. The molecule has 8 nitrogen and oxygen atoms in total. The molecule has 0 radical (unpaired) electrons. The van der Waals surface area contributed by atoms with Crippen LogP contribution in [0.4, 0.5) is 0 Å². The molecule has 2 heterocycles. The van der Waals surface area contributed by atoms with E-state index in [1.165, 1.54) is 11.8 Å². The Labute approximate surface area is 165 Å². The molecule has 1 aromatic heterocycles. The zero-order chi connectivity index (χ0) is 19.3. The van der Waals surface area contributed by atoms with Crippen molar-refractivity contribution in [3.05, 3.63) is 48.0 Å². The maximum atomic E-state index is 12.0. The van der Waals surface area contributed by atoms with Gasteiger partial charge in [0.05, 0.1) is 12.9 Å². The van der Waals surface area contributed by atoms with Crippen LogP contribution >= 0.6 is 11.8 Å². The first kappa shape index (κ1) is 18.2. The van der Waals surface area contributed by atoms with E-state index in [-0.39, 0.29) is 18.5 Å². The molecule has 1 amide bonds. The number of thioether (sulfide) groups is 1. The molecule has 0 saturated carbocycles. The van der Waals surface area contributed by atoms with Crippen molar-refractivity contribution in [2.24, 2.45) is 0 Å². The monoisotopic (exact) mass is 399 g/mol. The molecule has 2 aromatic carbocycles. The van der Waals surface area contributed by atoms with E-state index >= 15 is 0 Å². The SMILES string of the molecule is COc1ccc(CNC(=O)CSc2nnc(-c3ccc4c(c3)OCO4)o2)cc1. The topological polar surface area (TPSA) is 95.7 Å². The second-order valence-corrected chi connectivity index (χ2v) is 6.78. The molecule has 1 aliphatic rings. The van der Waals surface area contributed by atoms with E-state index in [4.69, 9.17) is 18.6 Å². The molecule has 0 atom stereocenters. The number of hydrogen-bond acceptors (Lipinski definition) is 8. The first-order chi connectivity index (χ1) is 13.7. The van der Waals surface area contributed by atoms with Crippen molar-refractivity contribution in [1.29, 1.82) is 0 Å². The minimum atomic E-state index is -0.122. The van der Waals surface area contributed by atoms with Crippen molar-refractivity contribution in [2.45, 2.75) is 11.8 Å². The molecule has 0 saturated heterocycles. The molecule has 3 aromatic rings. The average molecular weight is 399 g/mol. The summed E-state index contributed by atoms with van der Waals surface area (Å²) in [6.07, 6.45) is 0. The van der Waals surface area contributed by atoms with Gasteiger partial charge in [0.15, 0.2) is 11.5 Å². The number of hydrogen-bond donors (Lipinski definition) is 1. The van der Waals surface area contributed by atoms with Crippen LogP contribution in [0.3, 0.4) is 0 Å². The van der Waals surface area contributed by atoms with Crippen LogP contribution in [0.15, 0.2) is 52.1 Å². The summed E-state index contributed by atoms with van der Waals surface area (Å²) in [7, 11) is 1.61. The second-order valence-electron chi connectivity index (χ2n) is 5.85. The number of rotatable bonds is 7. The zero-order valence-electron chi connectivity index (χ0n) is 15.0. The Morgan fingerprint density at radius 1 is 1.14 bits per heavy atom. The zero-order valence-corrected chi connectivity index (χ0v) is 15.8. The fraction of sp³-hybridized carbons (Fsp3) is 0.211. The van der Waals surface area contributed by atoms with Gasteiger partial charge in [0.1, 0.15) is 5.75 Å². The first-order valence-corrected chi connectivity index (χ1v) is 9.46. The van der Waals surface area contributed by atoms with Gasteiger partial charge in [0.25, 0.3) is 5.22 Å². The van der Waals surface area contributed by atoms with Crippen LogP contribution in [-0.2, 0) is 11.3 Å². The minimum absolute atomic E-state index is 0.122. The van der Waals surface area contributed by atoms with Crippen molar-refractivity contribution < 1.29 is 23.4 Å². The third-order valence-corrected chi connectivity index (χ3v) is 4.82. The summed E-state index contributed by atoms with van der Waals surface area (Å²) in [6.45, 7) is 0.644. The van der Waals surface area contributed by atoms with Crippen LogP contribution in [0.2, 0.25) is 0 Å². The van der Waals surface area contributed by atoms with Crippen molar-refractivity contribution in [3.8, 4) is 28.7 Å². The molecule has 0 aliphatic carbocycles. The molecule has 1 aliphatic heterocycles. The minimum Gasteiger partial charge on any atom is -0.497 e. The van der Waals surface area contributed by atoms with Gasteiger partial charge in [0.2, 0.25) is 18.6 Å². The summed E-state index contributed by atoms with van der Waals surface area (Å²) < 4.78 is 21.4. The maximum absolute atomic E-state index is 12.0. The quantitative estimate of drug-likeness (QED) is 0.606. The number of aromatic nitrogens is 2. The molecule has 9 heteroatoms. The summed E-state index contributed by atoms with van der Waals surface area (Å²) in [5.41, 5.74) is 1.72. The lowest BCUT2D eigenvalue weighted by Crippen LogP contribution is -2.24. The number of benzene rings is 2. The maximum Gasteiger partial charge on any atom is 0.277 e. The average Bonchev–Trinajstić information content (AvgIpc) is 3.39. The lowest BCUT2D eigenvalue weighted by Gasteiger charge is -2.05. The van der Waals surface area contributed by atoms with Gasteiger partial charge in [-0.1, -0.05) is 23.9 Å². The van der Waals surface area contributed by atoms with Crippen LogP contribution in [-0.4, -0.2) is 35.8 Å². The van der Waals surface area contributed by atoms with Crippen LogP contribution in [0.5, 0.6) is 17.2 Å². The molecule has 0 fully saturated rings. The van der Waals surface area contributed by atoms with Crippen molar-refractivity contribution in [2.75, 3.05) is 19.7 Å². The van der Waals surface area contributed by atoms with E-state index in [1.54, 1.807) is 19.2 Å². The summed E-state index contributed by atoms with van der Waals surface area (Å²) in [4.78, 5) is 12.0. The molecule has 0 unspecified atom stereocenters. The number of ether oxygens (including phenoxy) is 3. The van der Waals surface area contributed by atoms with Gasteiger partial charge >= 0.3 is 0 Å². The van der Waals surface area contributed by atoms with Crippen molar-refractivity contribution >= 4 is 17.7 Å². The number of amides is 1. The second kappa shape index (κ2) is 8.22. The lowest BCUT2D eigenvalue weighted by atomic mass is 10.2. The summed E-state index contributed by atoms with van der Waals surface area (Å²) >= 11 is 1.18. The molecule has 28 heavy (non-hydrogen) atoms. The Morgan fingerprint density at radius 2 is 1.96 bits per heavy atom. The number of methoxy groups -OCH3 is 1. The Kier molecular flexibility index (Phi) is 5.34. The van der Waals surface area contributed by atoms with E-state index < -0.39 is 0 Å². The standard InChI is InChI=1S/C19H17N3O5S/c1-24-14-5-2-12(3-6-14)9-20-17(23)10-28-19-22-21-18(27-19)13-4-7-15-16(8-13)26-11-25-15/h2-8H,9-11H2,1H3,(H,20,23). The molecule has 0 bridgehead atoms. The fourth-order valence-electron chi connectivity index (χ4n) is 2.54. The summed E-state index contributed by atoms with van der Waals surface area (Å²) in [5, 5.41) is 11.2. The predicted octanol–water partition coefficient (Wildman–Crippen LogP) is 2.88. The van der Waals surface area contributed by atoms with Gasteiger partial charge in [-0.25, -0.2) is 0 Å². The molecule has 4 rings (SSSR count). The van der Waals surface area contributed by atoms with Crippen LogP contribution in [0.1, 0.15) is 5.56 Å². The van der Waals surface area contributed by atoms with Crippen LogP contribution in [0, 0.1) is 0 Å². The number of nitrogens with zero attached hydrogens (tertiary/aromatic N) is 2. The normalized spacial score (nSPS) is 12.0. The number of carbonyl (C=O) groups is 1. The summed E-state index contributed by atoms with van der Waals surface area (Å²) in [5.74, 6) is 2.52. The van der Waals surface area contributed by atoms with Crippen molar-refractivity contribution in [1.82, 2.24) is 15.5 Å². The number of fused-ring (bicyclic) bond motifs is 1. The smallest absolute Gasteiger partial charge is 0.277 e. The molecular weight excluding hydrogens is 382 g/mol. The highest BCUT2D eigenvalue weighted by atomic mass is 32.2. The Bertz CT molecular complexity index is 974. The third kappa shape index (κ3) is 4.20. The first-order valence-electron chi connectivity index (χ1n) is 8.47. The van der Waals surface area contributed by atoms with Gasteiger partial charge in [-0.2, -0.15) is 0 Å². The predicted molar refractivity (Wildman–Crippen MR) is 101 cm³/mol. The highest BCUT2D eigenvalue weighted by Gasteiger charge is 2.17. The van der Waals surface area contributed by atoms with Crippen LogP contribution in [0.25, 0.3) is 11.5 Å². The Morgan fingerprint density at radius 3 is 2.79 bits per heavy atom. The Hall–Kier alpha value is -3.20. The van der Waals surface area contributed by atoms with E-state index in [1.807, 2.05) is 30.3 Å². The third-order valence-electron chi connectivity index (χ3n) is 4.00. The lowest BCUT2D eigenvalue weighted by molar-refractivity contribution is -0.118. The van der Waals surface area contributed by atoms with E-state index in [9.17, 15) is 4.79 Å². The summed E-state index contributed by atoms with van der Waals surface area (Å²) in [6, 6.07) is 12.9. The largest absolute Gasteiger partial charge is 0.497 e. The van der Waals surface area contributed by atoms with Gasteiger partial charge in [-0.3, -0.25) is 4.79 Å². The molecule has 1 N–H and O–H groups in total. The number of nitrogens with one attached hydrogen (secondary N) is 1. The van der Waals surface area contributed by atoms with Crippen molar-refractivity contribution in [3.63, 3.8) is 0 Å². The van der Waals surface area contributed by atoms with Gasteiger partial charge in [-0.05, 0) is 35.9 Å². The molecule has 0 spiro atoms. The molecular formula is C19H17N3O5S. The van der Waals surface area contributed by atoms with Crippen LogP contribution < -0.4 is 19.5 Å². The number of carbonyl (C=O) groups excluding carboxylic acids is 1. The van der Waals surface area contributed by atoms with E-state index in [0.29, 0.717) is 29.2 Å². The highest BCUT2D eigenvalue weighted by Crippen LogP contribution is 2.35. The Balaban J connectivity index is 1.28. The van der Waals surface area contributed by atoms with E-state index in [0.717, 1.165) is 16.9 Å². The fourth-order valence-corrected chi connectivity index (χ4v) is 3.13. The highest BCUT2D eigenvalue weighted by molar-refractivity contribution is 7.99. The van der Waals surface area contributed by atoms with Gasteiger partial charge in [0, 0.05) is 12.1 Å².